The highest BCUT2D eigenvalue weighted by Gasteiger charge is 2.04. The minimum atomic E-state index is -0.257. The molecule has 0 atom stereocenters. The van der Waals surface area contributed by atoms with E-state index >= 15 is 0 Å². The summed E-state index contributed by atoms with van der Waals surface area (Å²) >= 11 is 0. The number of hydrogen-bond acceptors (Lipinski definition) is 5. The van der Waals surface area contributed by atoms with Gasteiger partial charge in [0.1, 0.15) is 11.6 Å². The van der Waals surface area contributed by atoms with Crippen LogP contribution in [0, 0.1) is 12.7 Å². The zero-order valence-corrected chi connectivity index (χ0v) is 15.1. The Kier molecular flexibility index (Phi) is 5.61. The average molecular weight is 365 g/mol. The van der Waals surface area contributed by atoms with Gasteiger partial charge in [0.05, 0.1) is 0 Å². The van der Waals surface area contributed by atoms with Crippen molar-refractivity contribution in [2.24, 2.45) is 0 Å². The van der Waals surface area contributed by atoms with Crippen LogP contribution >= 0.6 is 0 Å². The minimum absolute atomic E-state index is 0.116. The van der Waals surface area contributed by atoms with E-state index in [1.165, 1.54) is 19.1 Å². The second-order valence-corrected chi connectivity index (χ2v) is 6.08. The van der Waals surface area contributed by atoms with Gasteiger partial charge in [0.25, 0.3) is 0 Å². The van der Waals surface area contributed by atoms with Crippen LogP contribution in [0.5, 0.6) is 0 Å². The van der Waals surface area contributed by atoms with Gasteiger partial charge in [0.15, 0.2) is 0 Å². The van der Waals surface area contributed by atoms with Gasteiger partial charge in [-0.15, -0.1) is 0 Å². The summed E-state index contributed by atoms with van der Waals surface area (Å²) in [5.41, 5.74) is 3.29. The van der Waals surface area contributed by atoms with Crippen molar-refractivity contribution in [1.29, 1.82) is 0 Å². The van der Waals surface area contributed by atoms with Gasteiger partial charge >= 0.3 is 0 Å². The number of carbonyl (C=O) groups is 1. The molecule has 0 fully saturated rings. The van der Waals surface area contributed by atoms with Crippen molar-refractivity contribution < 1.29 is 9.18 Å². The fourth-order valence-corrected chi connectivity index (χ4v) is 2.48. The summed E-state index contributed by atoms with van der Waals surface area (Å²) in [6, 6.07) is 15.4. The molecule has 0 saturated carbocycles. The van der Waals surface area contributed by atoms with Gasteiger partial charge in [0.2, 0.25) is 11.9 Å². The maximum Gasteiger partial charge on any atom is 0.229 e. The number of aryl methyl sites for hydroxylation is 1. The molecule has 0 aliphatic rings. The van der Waals surface area contributed by atoms with Gasteiger partial charge in [-0.3, -0.25) is 4.79 Å². The highest BCUT2D eigenvalue weighted by Crippen LogP contribution is 2.18. The van der Waals surface area contributed by atoms with Crippen LogP contribution in [0.2, 0.25) is 0 Å². The first-order valence-corrected chi connectivity index (χ1v) is 8.46. The molecule has 0 aliphatic carbocycles. The molecule has 3 rings (SSSR count). The van der Waals surface area contributed by atoms with Crippen molar-refractivity contribution >= 4 is 29.0 Å². The maximum absolute atomic E-state index is 13.0. The molecule has 27 heavy (non-hydrogen) atoms. The molecule has 1 aromatic heterocycles. The van der Waals surface area contributed by atoms with Gasteiger partial charge in [-0.1, -0.05) is 12.1 Å². The third-order valence-corrected chi connectivity index (χ3v) is 3.70. The number of nitrogens with one attached hydrogen (secondary N) is 3. The number of nitrogens with zero attached hydrogens (tertiary/aromatic N) is 2. The lowest BCUT2D eigenvalue weighted by molar-refractivity contribution is -0.114. The van der Waals surface area contributed by atoms with Crippen LogP contribution in [0.1, 0.15) is 18.2 Å². The van der Waals surface area contributed by atoms with Gasteiger partial charge < -0.3 is 16.0 Å². The van der Waals surface area contributed by atoms with E-state index in [9.17, 15) is 9.18 Å². The smallest absolute Gasteiger partial charge is 0.229 e. The standard InChI is InChI=1S/C20H20FN5O/c1-13-11-19(22-12-15-3-5-16(21)6-4-15)26-20(23-13)25-18-9-7-17(8-10-18)24-14(2)27/h3-11H,12H2,1-2H3,(H,24,27)(H2,22,23,25,26). The van der Waals surface area contributed by atoms with Crippen LogP contribution in [-0.2, 0) is 11.3 Å². The molecule has 2 aromatic carbocycles. The minimum Gasteiger partial charge on any atom is -0.366 e. The van der Waals surface area contributed by atoms with Gasteiger partial charge in [-0.2, -0.15) is 4.98 Å². The van der Waals surface area contributed by atoms with Crippen LogP contribution in [0.15, 0.2) is 54.6 Å². The van der Waals surface area contributed by atoms with E-state index in [-0.39, 0.29) is 11.7 Å². The third kappa shape index (κ3) is 5.50. The molecule has 0 aliphatic heterocycles. The third-order valence-electron chi connectivity index (χ3n) is 3.70. The van der Waals surface area contributed by atoms with Crippen molar-refractivity contribution in [2.75, 3.05) is 16.0 Å². The molecule has 0 saturated heterocycles. The maximum atomic E-state index is 13.0. The Morgan fingerprint density at radius 3 is 2.33 bits per heavy atom. The topological polar surface area (TPSA) is 78.9 Å². The first-order valence-electron chi connectivity index (χ1n) is 8.46. The van der Waals surface area contributed by atoms with Crippen LogP contribution in [-0.4, -0.2) is 15.9 Å². The number of halogens is 1. The second kappa shape index (κ2) is 8.27. The number of anilines is 4. The molecule has 3 aromatic rings. The molecule has 3 N–H and O–H groups in total. The van der Waals surface area contributed by atoms with Gasteiger partial charge in [-0.25, -0.2) is 9.37 Å². The molecule has 1 amide bonds. The Bertz CT molecular complexity index is 926. The molecule has 0 bridgehead atoms. The van der Waals surface area contributed by atoms with Crippen LogP contribution in [0.25, 0.3) is 0 Å². The molecule has 0 unspecified atom stereocenters. The first kappa shape index (κ1) is 18.3. The summed E-state index contributed by atoms with van der Waals surface area (Å²) in [6.45, 7) is 3.88. The van der Waals surface area contributed by atoms with Crippen LogP contribution in [0.4, 0.5) is 27.5 Å². The number of amides is 1. The van der Waals surface area contributed by atoms with E-state index in [4.69, 9.17) is 0 Å². The predicted molar refractivity (Wildman–Crippen MR) is 105 cm³/mol. The zero-order chi connectivity index (χ0) is 19.2. The lowest BCUT2D eigenvalue weighted by atomic mass is 10.2. The number of hydrogen-bond donors (Lipinski definition) is 3. The van der Waals surface area contributed by atoms with Crippen molar-refractivity contribution in [3.8, 4) is 0 Å². The zero-order valence-electron chi connectivity index (χ0n) is 15.1. The van der Waals surface area contributed by atoms with Gasteiger partial charge in [-0.05, 0) is 48.9 Å². The summed E-state index contributed by atoms with van der Waals surface area (Å²) < 4.78 is 13.0. The molecule has 138 valence electrons. The average Bonchev–Trinajstić information content (AvgIpc) is 2.62. The predicted octanol–water partition coefficient (Wildman–Crippen LogP) is 4.24. The summed E-state index contributed by atoms with van der Waals surface area (Å²) in [6.07, 6.45) is 0. The molecule has 0 radical (unpaired) electrons. The van der Waals surface area contributed by atoms with Crippen molar-refractivity contribution in [2.45, 2.75) is 20.4 Å². The van der Waals surface area contributed by atoms with E-state index in [2.05, 4.69) is 25.9 Å². The molecule has 6 nitrogen and oxygen atoms in total. The van der Waals surface area contributed by atoms with Crippen molar-refractivity contribution in [3.63, 3.8) is 0 Å². The highest BCUT2D eigenvalue weighted by molar-refractivity contribution is 5.88. The van der Waals surface area contributed by atoms with E-state index in [1.54, 1.807) is 24.3 Å². The quantitative estimate of drug-likeness (QED) is 0.609. The molecular weight excluding hydrogens is 345 g/mol. The van der Waals surface area contributed by atoms with E-state index in [0.29, 0.717) is 18.3 Å². The second-order valence-electron chi connectivity index (χ2n) is 6.08. The van der Waals surface area contributed by atoms with Crippen molar-refractivity contribution in [3.05, 3.63) is 71.7 Å². The SMILES string of the molecule is CC(=O)Nc1ccc(Nc2nc(C)cc(NCc3ccc(F)cc3)n2)cc1. The summed E-state index contributed by atoms with van der Waals surface area (Å²) in [5, 5.41) is 9.08. The monoisotopic (exact) mass is 365 g/mol. The van der Waals surface area contributed by atoms with Crippen LogP contribution < -0.4 is 16.0 Å². The Balaban J connectivity index is 1.67. The fraction of sp³-hybridized carbons (Fsp3) is 0.150. The largest absolute Gasteiger partial charge is 0.366 e. The van der Waals surface area contributed by atoms with Gasteiger partial charge in [0, 0.05) is 36.6 Å². The fourth-order valence-electron chi connectivity index (χ4n) is 2.48. The molecule has 1 heterocycles. The summed E-state index contributed by atoms with van der Waals surface area (Å²) in [4.78, 5) is 19.9. The van der Waals surface area contributed by atoms with E-state index in [1.807, 2.05) is 25.1 Å². The molecule has 7 heteroatoms. The molecule has 0 spiro atoms. The Morgan fingerprint density at radius 1 is 1.00 bits per heavy atom. The lowest BCUT2D eigenvalue weighted by Gasteiger charge is -2.11. The molecular formula is C20H20FN5O. The van der Waals surface area contributed by atoms with Crippen molar-refractivity contribution in [1.82, 2.24) is 9.97 Å². The van der Waals surface area contributed by atoms with E-state index in [0.717, 1.165) is 22.6 Å². The van der Waals surface area contributed by atoms with Crippen LogP contribution in [0.3, 0.4) is 0 Å². The summed E-state index contributed by atoms with van der Waals surface area (Å²) in [5.74, 6) is 0.760. The highest BCUT2D eigenvalue weighted by atomic mass is 19.1. The first-order chi connectivity index (χ1) is 13.0. The number of rotatable bonds is 6. The number of benzene rings is 2. The normalized spacial score (nSPS) is 10.3. The Morgan fingerprint density at radius 2 is 1.67 bits per heavy atom. The Hall–Kier alpha value is -3.48. The summed E-state index contributed by atoms with van der Waals surface area (Å²) in [7, 11) is 0. The van der Waals surface area contributed by atoms with E-state index < -0.39 is 0 Å². The number of carbonyl (C=O) groups excluding carboxylic acids is 1. The Labute approximate surface area is 156 Å². The lowest BCUT2D eigenvalue weighted by Crippen LogP contribution is -2.06. The number of aromatic nitrogens is 2.